The number of hydrogen-bond acceptors (Lipinski definition) is 5. The number of amides is 1. The summed E-state index contributed by atoms with van der Waals surface area (Å²) in [5.41, 5.74) is 4.76. The maximum Gasteiger partial charge on any atom is 0.401 e. The lowest BCUT2D eigenvalue weighted by molar-refractivity contribution is -0.147. The number of fused-ring (bicyclic) bond motifs is 1. The molecule has 206 valence electrons. The van der Waals surface area contributed by atoms with Crippen LogP contribution in [0, 0.1) is 20.8 Å². The van der Waals surface area contributed by atoms with E-state index < -0.39 is 12.7 Å². The highest BCUT2D eigenvalue weighted by molar-refractivity contribution is 6.05. The molecule has 0 aliphatic carbocycles. The first-order valence-corrected chi connectivity index (χ1v) is 12.9. The number of hydrogen-bond donors (Lipinski definition) is 2. The van der Waals surface area contributed by atoms with E-state index in [9.17, 15) is 22.8 Å². The molecule has 4 rings (SSSR count). The van der Waals surface area contributed by atoms with Gasteiger partial charge in [0.2, 0.25) is 0 Å². The van der Waals surface area contributed by atoms with Crippen molar-refractivity contribution in [2.24, 2.45) is 7.05 Å². The van der Waals surface area contributed by atoms with E-state index in [1.165, 1.54) is 4.90 Å². The van der Waals surface area contributed by atoms with Gasteiger partial charge in [-0.1, -0.05) is 0 Å². The Balaban J connectivity index is 1.64. The number of nitrogens with zero attached hydrogens (tertiary/aromatic N) is 4. The second-order valence-electron chi connectivity index (χ2n) is 10.1. The Kier molecular flexibility index (Phi) is 7.87. The summed E-state index contributed by atoms with van der Waals surface area (Å²) < 4.78 is 40.4. The number of aromatic nitrogens is 3. The molecule has 3 aromatic rings. The zero-order valence-corrected chi connectivity index (χ0v) is 22.5. The van der Waals surface area contributed by atoms with Crippen LogP contribution < -0.4 is 15.8 Å². The van der Waals surface area contributed by atoms with Gasteiger partial charge in [-0.2, -0.15) is 18.3 Å². The zero-order valence-electron chi connectivity index (χ0n) is 22.5. The number of aromatic amines is 1. The van der Waals surface area contributed by atoms with Crippen molar-refractivity contribution in [3.8, 4) is 0 Å². The van der Waals surface area contributed by atoms with Crippen LogP contribution in [0.4, 0.5) is 18.9 Å². The predicted octanol–water partition coefficient (Wildman–Crippen LogP) is 3.97. The van der Waals surface area contributed by atoms with E-state index in [1.54, 1.807) is 10.9 Å². The van der Waals surface area contributed by atoms with E-state index in [1.807, 2.05) is 46.9 Å². The third-order valence-electron chi connectivity index (χ3n) is 7.47. The van der Waals surface area contributed by atoms with Gasteiger partial charge in [0.25, 0.3) is 11.5 Å². The van der Waals surface area contributed by atoms with Gasteiger partial charge in [-0.25, -0.2) is 0 Å². The largest absolute Gasteiger partial charge is 0.401 e. The molecule has 1 aliphatic rings. The van der Waals surface area contributed by atoms with Gasteiger partial charge in [0, 0.05) is 61.5 Å². The van der Waals surface area contributed by atoms with Crippen LogP contribution in [0.5, 0.6) is 0 Å². The molecular formula is C27H35F3N6O2. The molecule has 1 saturated heterocycles. The molecule has 0 bridgehead atoms. The van der Waals surface area contributed by atoms with E-state index in [0.29, 0.717) is 43.6 Å². The number of alkyl halides is 3. The van der Waals surface area contributed by atoms with Crippen molar-refractivity contribution in [2.75, 3.05) is 31.1 Å². The number of rotatable bonds is 7. The SMILES string of the molecule is CCN(c1c(C)c(C(=O)NCc2c(C)cc(C)[nH]c2=O)cc2c1cnn2C)C1CCN(CC(F)(F)F)CC1. The number of anilines is 1. The molecule has 0 radical (unpaired) electrons. The van der Waals surface area contributed by atoms with Crippen LogP contribution in [-0.4, -0.2) is 64.0 Å². The molecule has 2 aromatic heterocycles. The minimum absolute atomic E-state index is 0.0404. The molecule has 3 heterocycles. The zero-order chi connectivity index (χ0) is 27.8. The van der Waals surface area contributed by atoms with Gasteiger partial charge in [-0.05, 0) is 63.8 Å². The van der Waals surface area contributed by atoms with Gasteiger partial charge in [0.05, 0.1) is 23.9 Å². The number of benzene rings is 1. The fourth-order valence-electron chi connectivity index (χ4n) is 5.59. The van der Waals surface area contributed by atoms with E-state index in [0.717, 1.165) is 33.4 Å². The van der Waals surface area contributed by atoms with Gasteiger partial charge in [-0.3, -0.25) is 19.2 Å². The third-order valence-corrected chi connectivity index (χ3v) is 7.47. The summed E-state index contributed by atoms with van der Waals surface area (Å²) in [6, 6.07) is 3.72. The van der Waals surface area contributed by atoms with Crippen LogP contribution in [0.1, 0.15) is 52.5 Å². The molecule has 8 nitrogen and oxygen atoms in total. The van der Waals surface area contributed by atoms with Crippen LogP contribution >= 0.6 is 0 Å². The average molecular weight is 533 g/mol. The summed E-state index contributed by atoms with van der Waals surface area (Å²) in [6.07, 6.45) is -1.25. The number of carbonyl (C=O) groups excluding carboxylic acids is 1. The molecule has 0 saturated carbocycles. The molecule has 2 N–H and O–H groups in total. The molecule has 11 heteroatoms. The summed E-state index contributed by atoms with van der Waals surface area (Å²) in [7, 11) is 1.81. The quantitative estimate of drug-likeness (QED) is 0.481. The third kappa shape index (κ3) is 5.72. The number of H-pyrrole nitrogens is 1. The highest BCUT2D eigenvalue weighted by atomic mass is 19.4. The van der Waals surface area contributed by atoms with E-state index in [-0.39, 0.29) is 24.1 Å². The van der Waals surface area contributed by atoms with Crippen molar-refractivity contribution < 1.29 is 18.0 Å². The highest BCUT2D eigenvalue weighted by Crippen LogP contribution is 2.36. The second-order valence-corrected chi connectivity index (χ2v) is 10.1. The van der Waals surface area contributed by atoms with Crippen molar-refractivity contribution >= 4 is 22.5 Å². The lowest BCUT2D eigenvalue weighted by Crippen LogP contribution is -2.47. The van der Waals surface area contributed by atoms with Crippen molar-refractivity contribution in [1.29, 1.82) is 0 Å². The van der Waals surface area contributed by atoms with Gasteiger partial charge in [0.15, 0.2) is 0 Å². The summed E-state index contributed by atoms with van der Waals surface area (Å²) in [6.45, 7) is 8.12. The van der Waals surface area contributed by atoms with Gasteiger partial charge >= 0.3 is 6.18 Å². The van der Waals surface area contributed by atoms with Crippen molar-refractivity contribution in [1.82, 2.24) is 25.0 Å². The molecule has 1 fully saturated rings. The first-order chi connectivity index (χ1) is 17.9. The minimum Gasteiger partial charge on any atom is -0.368 e. The minimum atomic E-state index is -4.21. The molecule has 38 heavy (non-hydrogen) atoms. The molecule has 0 unspecified atom stereocenters. The molecule has 1 aromatic carbocycles. The van der Waals surface area contributed by atoms with E-state index in [4.69, 9.17) is 0 Å². The number of carbonyl (C=O) groups is 1. The van der Waals surface area contributed by atoms with E-state index >= 15 is 0 Å². The van der Waals surface area contributed by atoms with Crippen LogP contribution in [0.25, 0.3) is 10.9 Å². The Morgan fingerprint density at radius 1 is 1.21 bits per heavy atom. The maximum atomic E-state index is 13.4. The smallest absolute Gasteiger partial charge is 0.368 e. The van der Waals surface area contributed by atoms with E-state index in [2.05, 4.69) is 20.3 Å². The number of halogens is 3. The number of nitrogens with one attached hydrogen (secondary N) is 2. The number of aryl methyl sites for hydroxylation is 3. The average Bonchev–Trinajstić information content (AvgIpc) is 3.19. The second kappa shape index (κ2) is 10.8. The standard InChI is InChI=1S/C27H35F3N6O2/c1-6-36(19-7-9-35(10-8-19)15-27(28,29)30)24-18(4)20(12-23-22(24)14-32-34(23)5)25(37)31-13-21-16(2)11-17(3)33-26(21)38/h11-12,14,19H,6-10,13,15H2,1-5H3,(H,31,37)(H,33,38). The fraction of sp³-hybridized carbons (Fsp3) is 0.519. The maximum absolute atomic E-state index is 13.4. The Hall–Kier alpha value is -3.34. The normalized spacial score (nSPS) is 15.3. The van der Waals surface area contributed by atoms with Crippen LogP contribution in [0.3, 0.4) is 0 Å². The number of likely N-dealkylation sites (tertiary alicyclic amines) is 1. The monoisotopic (exact) mass is 532 g/mol. The van der Waals surface area contributed by atoms with Gasteiger partial charge in [-0.15, -0.1) is 0 Å². The topological polar surface area (TPSA) is 86.3 Å². The van der Waals surface area contributed by atoms with Crippen molar-refractivity contribution in [3.05, 3.63) is 56.6 Å². The summed E-state index contributed by atoms with van der Waals surface area (Å²) >= 11 is 0. The number of piperidine rings is 1. The molecule has 0 spiro atoms. The van der Waals surface area contributed by atoms with Crippen LogP contribution in [-0.2, 0) is 13.6 Å². The Bertz CT molecular complexity index is 1390. The molecule has 0 atom stereocenters. The Morgan fingerprint density at radius 2 is 1.89 bits per heavy atom. The number of pyridine rings is 1. The fourth-order valence-corrected chi connectivity index (χ4v) is 5.59. The molecule has 1 aliphatic heterocycles. The lowest BCUT2D eigenvalue weighted by Gasteiger charge is -2.40. The summed E-state index contributed by atoms with van der Waals surface area (Å²) in [5.74, 6) is -0.303. The Labute approximate surface area is 219 Å². The summed E-state index contributed by atoms with van der Waals surface area (Å²) in [4.78, 5) is 32.3. The van der Waals surface area contributed by atoms with Gasteiger partial charge < -0.3 is 15.2 Å². The van der Waals surface area contributed by atoms with Gasteiger partial charge in [0.1, 0.15) is 0 Å². The molecule has 1 amide bonds. The highest BCUT2D eigenvalue weighted by Gasteiger charge is 2.34. The first kappa shape index (κ1) is 27.7. The van der Waals surface area contributed by atoms with Crippen molar-refractivity contribution in [3.63, 3.8) is 0 Å². The van der Waals surface area contributed by atoms with Crippen LogP contribution in [0.15, 0.2) is 23.1 Å². The van der Waals surface area contributed by atoms with Crippen LogP contribution in [0.2, 0.25) is 0 Å². The predicted molar refractivity (Wildman–Crippen MR) is 142 cm³/mol. The summed E-state index contributed by atoms with van der Waals surface area (Å²) in [5, 5.41) is 8.22. The lowest BCUT2D eigenvalue weighted by atomic mass is 9.97. The molecular weight excluding hydrogens is 497 g/mol. The van der Waals surface area contributed by atoms with Crippen molar-refractivity contribution in [2.45, 2.75) is 59.3 Å². The Morgan fingerprint density at radius 3 is 2.50 bits per heavy atom. The first-order valence-electron chi connectivity index (χ1n) is 12.9.